The Hall–Kier alpha value is -1.07. The molecule has 74 valence electrons. The summed E-state index contributed by atoms with van der Waals surface area (Å²) in [6, 6.07) is 1.76. The molecule has 1 aromatic rings. The molecule has 0 unspecified atom stereocenters. The minimum Gasteiger partial charge on any atom is -0.476 e. The van der Waals surface area contributed by atoms with Gasteiger partial charge in [0.2, 0.25) is 5.88 Å². The van der Waals surface area contributed by atoms with Crippen LogP contribution in [0.4, 0.5) is 0 Å². The highest BCUT2D eigenvalue weighted by molar-refractivity contribution is 5.03. The zero-order valence-corrected chi connectivity index (χ0v) is 7.66. The third-order valence-corrected chi connectivity index (χ3v) is 1.39. The summed E-state index contributed by atoms with van der Waals surface area (Å²) in [7, 11) is 1.64. The van der Waals surface area contributed by atoms with E-state index in [4.69, 9.17) is 14.2 Å². The largest absolute Gasteiger partial charge is 0.476 e. The summed E-state index contributed by atoms with van der Waals surface area (Å²) < 4.78 is 15.2. The standard InChI is InChI=1S/C8H14N2O3/c1-11-4-5-12-6-7-13-8-2-3-9-10-8/h2-3H,4-7H2,1H3,(H,9,10). The van der Waals surface area contributed by atoms with Crippen LogP contribution in [0.2, 0.25) is 0 Å². The van der Waals surface area contributed by atoms with Gasteiger partial charge < -0.3 is 14.2 Å². The maximum atomic E-state index is 5.24. The fourth-order valence-corrected chi connectivity index (χ4v) is 0.778. The van der Waals surface area contributed by atoms with Crippen LogP contribution in [-0.2, 0) is 9.47 Å². The molecule has 1 heterocycles. The van der Waals surface area contributed by atoms with Crippen LogP contribution in [0.5, 0.6) is 5.88 Å². The first-order chi connectivity index (χ1) is 6.43. The fraction of sp³-hybridized carbons (Fsp3) is 0.625. The van der Waals surface area contributed by atoms with Gasteiger partial charge in [-0.3, -0.25) is 0 Å². The van der Waals surface area contributed by atoms with Crippen LogP contribution < -0.4 is 4.74 Å². The second-order valence-electron chi connectivity index (χ2n) is 2.37. The molecule has 0 saturated carbocycles. The predicted octanol–water partition coefficient (Wildman–Crippen LogP) is 0.451. The number of methoxy groups -OCH3 is 1. The number of aromatic nitrogens is 2. The third kappa shape index (κ3) is 4.49. The molecule has 0 fully saturated rings. The van der Waals surface area contributed by atoms with Crippen LogP contribution in [0.1, 0.15) is 0 Å². The summed E-state index contributed by atoms with van der Waals surface area (Å²) in [5.41, 5.74) is 0. The number of rotatable bonds is 7. The molecular weight excluding hydrogens is 172 g/mol. The highest BCUT2D eigenvalue weighted by atomic mass is 16.5. The number of ether oxygens (including phenoxy) is 3. The van der Waals surface area contributed by atoms with Crippen LogP contribution in [0.3, 0.4) is 0 Å². The van der Waals surface area contributed by atoms with Crippen LogP contribution in [0, 0.1) is 0 Å². The summed E-state index contributed by atoms with van der Waals surface area (Å²) in [5.74, 6) is 0.662. The maximum Gasteiger partial charge on any atom is 0.209 e. The Morgan fingerprint density at radius 2 is 2.15 bits per heavy atom. The zero-order valence-electron chi connectivity index (χ0n) is 7.66. The van der Waals surface area contributed by atoms with E-state index in [9.17, 15) is 0 Å². The molecule has 0 spiro atoms. The van der Waals surface area contributed by atoms with Crippen LogP contribution in [0.15, 0.2) is 12.3 Å². The van der Waals surface area contributed by atoms with Gasteiger partial charge in [0.25, 0.3) is 0 Å². The van der Waals surface area contributed by atoms with Gasteiger partial charge in [0.15, 0.2) is 0 Å². The van der Waals surface area contributed by atoms with Gasteiger partial charge in [-0.05, 0) is 0 Å². The zero-order chi connectivity index (χ0) is 9.36. The van der Waals surface area contributed by atoms with Gasteiger partial charge in [0, 0.05) is 13.2 Å². The minimum absolute atomic E-state index is 0.520. The first-order valence-electron chi connectivity index (χ1n) is 4.12. The molecule has 0 radical (unpaired) electrons. The molecular formula is C8H14N2O3. The number of aromatic amines is 1. The topological polar surface area (TPSA) is 56.4 Å². The fourth-order valence-electron chi connectivity index (χ4n) is 0.778. The van der Waals surface area contributed by atoms with Crippen molar-refractivity contribution < 1.29 is 14.2 Å². The van der Waals surface area contributed by atoms with Gasteiger partial charge in [0.1, 0.15) is 6.61 Å². The number of nitrogens with zero attached hydrogens (tertiary/aromatic N) is 1. The summed E-state index contributed by atoms with van der Waals surface area (Å²) in [6.45, 7) is 2.29. The SMILES string of the molecule is COCCOCCOc1ccn[nH]1. The second-order valence-corrected chi connectivity index (χ2v) is 2.37. The molecule has 0 atom stereocenters. The van der Waals surface area contributed by atoms with E-state index in [0.29, 0.717) is 32.3 Å². The summed E-state index contributed by atoms with van der Waals surface area (Å²) >= 11 is 0. The number of H-pyrrole nitrogens is 1. The van der Waals surface area contributed by atoms with E-state index in [-0.39, 0.29) is 0 Å². The number of hydrogen-bond donors (Lipinski definition) is 1. The van der Waals surface area contributed by atoms with Crippen molar-refractivity contribution in [3.8, 4) is 5.88 Å². The van der Waals surface area contributed by atoms with Crippen LogP contribution in [0.25, 0.3) is 0 Å². The van der Waals surface area contributed by atoms with E-state index in [1.165, 1.54) is 0 Å². The molecule has 5 heteroatoms. The molecule has 1 N–H and O–H groups in total. The smallest absolute Gasteiger partial charge is 0.209 e. The molecule has 0 amide bonds. The van der Waals surface area contributed by atoms with Crippen molar-refractivity contribution in [3.05, 3.63) is 12.3 Å². The van der Waals surface area contributed by atoms with Crippen molar-refractivity contribution in [3.63, 3.8) is 0 Å². The van der Waals surface area contributed by atoms with Crippen LogP contribution >= 0.6 is 0 Å². The first kappa shape index (κ1) is 10.0. The lowest BCUT2D eigenvalue weighted by Crippen LogP contribution is -2.10. The average molecular weight is 186 g/mol. The van der Waals surface area contributed by atoms with Crippen molar-refractivity contribution in [1.29, 1.82) is 0 Å². The van der Waals surface area contributed by atoms with E-state index < -0.39 is 0 Å². The Balaban J connectivity index is 1.90. The van der Waals surface area contributed by atoms with Crippen molar-refractivity contribution >= 4 is 0 Å². The Kier molecular flexibility index (Phi) is 4.97. The number of hydrogen-bond acceptors (Lipinski definition) is 4. The van der Waals surface area contributed by atoms with Crippen molar-refractivity contribution in [1.82, 2.24) is 10.2 Å². The van der Waals surface area contributed by atoms with Crippen molar-refractivity contribution in [2.24, 2.45) is 0 Å². The van der Waals surface area contributed by atoms with Gasteiger partial charge in [-0.25, -0.2) is 5.10 Å². The highest BCUT2D eigenvalue weighted by Crippen LogP contribution is 2.00. The second kappa shape index (κ2) is 6.45. The lowest BCUT2D eigenvalue weighted by molar-refractivity contribution is 0.0537. The first-order valence-corrected chi connectivity index (χ1v) is 4.12. The van der Waals surface area contributed by atoms with Crippen molar-refractivity contribution in [2.75, 3.05) is 33.5 Å². The summed E-state index contributed by atoms with van der Waals surface area (Å²) in [4.78, 5) is 0. The minimum atomic E-state index is 0.520. The molecule has 0 saturated heterocycles. The maximum absolute atomic E-state index is 5.24. The Morgan fingerprint density at radius 1 is 1.31 bits per heavy atom. The van der Waals surface area contributed by atoms with Crippen LogP contribution in [-0.4, -0.2) is 43.7 Å². The van der Waals surface area contributed by atoms with Gasteiger partial charge >= 0.3 is 0 Å². The van der Waals surface area contributed by atoms with E-state index in [2.05, 4.69) is 10.2 Å². The molecule has 0 aliphatic heterocycles. The van der Waals surface area contributed by atoms with Gasteiger partial charge in [0.05, 0.1) is 26.0 Å². The highest BCUT2D eigenvalue weighted by Gasteiger charge is 1.93. The lowest BCUT2D eigenvalue weighted by atomic mass is 10.7. The Labute approximate surface area is 77.0 Å². The lowest BCUT2D eigenvalue weighted by Gasteiger charge is -2.04. The molecule has 1 rings (SSSR count). The van der Waals surface area contributed by atoms with E-state index in [1.807, 2.05) is 0 Å². The van der Waals surface area contributed by atoms with Gasteiger partial charge in [-0.2, -0.15) is 5.10 Å². The Bertz CT molecular complexity index is 201. The van der Waals surface area contributed by atoms with Gasteiger partial charge in [-0.15, -0.1) is 0 Å². The van der Waals surface area contributed by atoms with E-state index in [1.54, 1.807) is 19.4 Å². The molecule has 1 aromatic heterocycles. The molecule has 5 nitrogen and oxygen atoms in total. The van der Waals surface area contributed by atoms with E-state index in [0.717, 1.165) is 0 Å². The quantitative estimate of drug-likeness (QED) is 0.628. The monoisotopic (exact) mass is 186 g/mol. The summed E-state index contributed by atoms with van der Waals surface area (Å²) in [5, 5.41) is 6.43. The molecule has 0 aliphatic carbocycles. The normalized spacial score (nSPS) is 10.2. The van der Waals surface area contributed by atoms with E-state index >= 15 is 0 Å². The summed E-state index contributed by atoms with van der Waals surface area (Å²) in [6.07, 6.45) is 1.64. The van der Waals surface area contributed by atoms with Gasteiger partial charge in [-0.1, -0.05) is 0 Å². The molecule has 13 heavy (non-hydrogen) atoms. The predicted molar refractivity (Wildman–Crippen MR) is 46.8 cm³/mol. The third-order valence-electron chi connectivity index (χ3n) is 1.39. The number of nitrogens with one attached hydrogen (secondary N) is 1. The molecule has 0 bridgehead atoms. The Morgan fingerprint density at radius 3 is 2.85 bits per heavy atom. The molecule has 0 aliphatic rings. The average Bonchev–Trinajstić information content (AvgIpc) is 2.63. The molecule has 0 aromatic carbocycles. The van der Waals surface area contributed by atoms with Crippen molar-refractivity contribution in [2.45, 2.75) is 0 Å².